The smallest absolute Gasteiger partial charge is 0.145 e. The van der Waals surface area contributed by atoms with Crippen molar-refractivity contribution in [3.05, 3.63) is 30.0 Å². The summed E-state index contributed by atoms with van der Waals surface area (Å²) in [6, 6.07) is 8.81. The van der Waals surface area contributed by atoms with Crippen molar-refractivity contribution in [3.8, 4) is 5.75 Å². The molecule has 1 atom stereocenters. The number of hydrogen-bond acceptors (Lipinski definition) is 4. The van der Waals surface area contributed by atoms with Crippen LogP contribution in [0.25, 0.3) is 10.9 Å². The van der Waals surface area contributed by atoms with Crippen LogP contribution < -0.4 is 10.1 Å². The predicted octanol–water partition coefficient (Wildman–Crippen LogP) is 3.30. The highest BCUT2D eigenvalue weighted by molar-refractivity contribution is 5.95. The van der Waals surface area contributed by atoms with Crippen LogP contribution in [0.1, 0.15) is 18.5 Å². The molecule has 4 nitrogen and oxygen atoms in total. The van der Waals surface area contributed by atoms with Gasteiger partial charge in [-0.15, -0.1) is 0 Å². The molecule has 22 heavy (non-hydrogen) atoms. The van der Waals surface area contributed by atoms with Gasteiger partial charge in [0.1, 0.15) is 11.3 Å². The van der Waals surface area contributed by atoms with Crippen LogP contribution in [0, 0.1) is 12.8 Å². The summed E-state index contributed by atoms with van der Waals surface area (Å²) >= 11 is 0. The van der Waals surface area contributed by atoms with Gasteiger partial charge in [0.2, 0.25) is 0 Å². The van der Waals surface area contributed by atoms with Gasteiger partial charge in [0.25, 0.3) is 0 Å². The Morgan fingerprint density at radius 2 is 2.14 bits per heavy atom. The molecule has 0 saturated heterocycles. The first-order valence-corrected chi connectivity index (χ1v) is 7.95. The zero-order chi connectivity index (χ0) is 15.7. The Morgan fingerprint density at radius 3 is 2.77 bits per heavy atom. The van der Waals surface area contributed by atoms with Gasteiger partial charge in [-0.25, -0.2) is 4.98 Å². The molecule has 0 spiro atoms. The number of hydrogen-bond donors (Lipinski definition) is 1. The molecule has 0 amide bonds. The van der Waals surface area contributed by atoms with Gasteiger partial charge < -0.3 is 15.0 Å². The van der Waals surface area contributed by atoms with Gasteiger partial charge in [-0.1, -0.05) is 12.1 Å². The SMILES string of the molecule is COc1cccc2c(NCC(C3CC3)N(C)C)cc(C)nc12. The van der Waals surface area contributed by atoms with Crippen LogP contribution in [0.15, 0.2) is 24.3 Å². The molecule has 2 aromatic rings. The summed E-state index contributed by atoms with van der Waals surface area (Å²) in [6.07, 6.45) is 2.71. The second-order valence-corrected chi connectivity index (χ2v) is 6.42. The number of pyridine rings is 1. The molecule has 1 N–H and O–H groups in total. The van der Waals surface area contributed by atoms with Crippen molar-refractivity contribution < 1.29 is 4.74 Å². The molecular weight excluding hydrogens is 274 g/mol. The lowest BCUT2D eigenvalue weighted by Crippen LogP contribution is -2.36. The first-order chi connectivity index (χ1) is 10.6. The molecule has 1 aromatic carbocycles. The van der Waals surface area contributed by atoms with Crippen LogP contribution in [0.3, 0.4) is 0 Å². The maximum absolute atomic E-state index is 5.45. The average molecular weight is 299 g/mol. The maximum atomic E-state index is 5.45. The van der Waals surface area contributed by atoms with Gasteiger partial charge in [-0.05, 0) is 51.9 Å². The van der Waals surface area contributed by atoms with Crippen LogP contribution in [0.5, 0.6) is 5.75 Å². The van der Waals surface area contributed by atoms with Crippen molar-refractivity contribution in [2.24, 2.45) is 5.92 Å². The van der Waals surface area contributed by atoms with Crippen LogP contribution in [-0.4, -0.2) is 43.7 Å². The number of likely N-dealkylation sites (N-methyl/N-ethyl adjacent to an activating group) is 1. The molecule has 1 unspecified atom stereocenters. The van der Waals surface area contributed by atoms with E-state index < -0.39 is 0 Å². The van der Waals surface area contributed by atoms with E-state index in [1.807, 2.05) is 19.1 Å². The van der Waals surface area contributed by atoms with E-state index in [1.54, 1.807) is 7.11 Å². The van der Waals surface area contributed by atoms with Gasteiger partial charge in [0.05, 0.1) is 7.11 Å². The Hall–Kier alpha value is -1.81. The fourth-order valence-corrected chi connectivity index (χ4v) is 3.13. The fraction of sp³-hybridized carbons (Fsp3) is 0.500. The number of ether oxygens (including phenoxy) is 1. The minimum absolute atomic E-state index is 0.592. The van der Waals surface area contributed by atoms with E-state index in [0.29, 0.717) is 6.04 Å². The van der Waals surface area contributed by atoms with Crippen molar-refractivity contribution in [3.63, 3.8) is 0 Å². The zero-order valence-electron chi connectivity index (χ0n) is 13.9. The van der Waals surface area contributed by atoms with E-state index in [4.69, 9.17) is 4.74 Å². The second kappa shape index (κ2) is 6.13. The van der Waals surface area contributed by atoms with Crippen molar-refractivity contribution >= 4 is 16.6 Å². The van der Waals surface area contributed by atoms with Crippen LogP contribution in [0.4, 0.5) is 5.69 Å². The molecule has 3 rings (SSSR count). The third kappa shape index (κ3) is 3.02. The lowest BCUT2D eigenvalue weighted by atomic mass is 10.1. The van der Waals surface area contributed by atoms with Gasteiger partial charge in [-0.2, -0.15) is 0 Å². The van der Waals surface area contributed by atoms with E-state index in [2.05, 4.69) is 41.4 Å². The Balaban J connectivity index is 1.89. The number of aryl methyl sites for hydroxylation is 1. The van der Waals surface area contributed by atoms with Crippen molar-refractivity contribution in [1.29, 1.82) is 0 Å². The summed E-state index contributed by atoms with van der Waals surface area (Å²) in [5, 5.41) is 4.77. The topological polar surface area (TPSA) is 37.4 Å². The maximum Gasteiger partial charge on any atom is 0.145 e. The lowest BCUT2D eigenvalue weighted by molar-refractivity contribution is 0.276. The van der Waals surface area contributed by atoms with E-state index >= 15 is 0 Å². The molecule has 0 radical (unpaired) electrons. The average Bonchev–Trinajstić information content (AvgIpc) is 3.31. The molecule has 1 aliphatic rings. The van der Waals surface area contributed by atoms with Crippen LogP contribution in [0.2, 0.25) is 0 Å². The van der Waals surface area contributed by atoms with E-state index in [9.17, 15) is 0 Å². The van der Waals surface area contributed by atoms with Gasteiger partial charge in [0, 0.05) is 29.4 Å². The number of nitrogens with one attached hydrogen (secondary N) is 1. The quantitative estimate of drug-likeness (QED) is 0.888. The second-order valence-electron chi connectivity index (χ2n) is 6.42. The molecule has 1 fully saturated rings. The minimum atomic E-state index is 0.592. The summed E-state index contributed by atoms with van der Waals surface area (Å²) in [5.74, 6) is 1.67. The highest BCUT2D eigenvalue weighted by atomic mass is 16.5. The monoisotopic (exact) mass is 299 g/mol. The first kappa shape index (κ1) is 15.1. The number of rotatable bonds is 6. The number of methoxy groups -OCH3 is 1. The Morgan fingerprint density at radius 1 is 1.36 bits per heavy atom. The predicted molar refractivity (Wildman–Crippen MR) is 91.7 cm³/mol. The third-order valence-electron chi connectivity index (χ3n) is 4.48. The number of anilines is 1. The highest BCUT2D eigenvalue weighted by Crippen LogP contribution is 2.35. The molecule has 1 aromatic heterocycles. The Bertz CT molecular complexity index is 663. The number of aromatic nitrogens is 1. The zero-order valence-corrected chi connectivity index (χ0v) is 13.9. The molecule has 118 valence electrons. The summed E-state index contributed by atoms with van der Waals surface area (Å²) in [4.78, 5) is 6.98. The fourth-order valence-electron chi connectivity index (χ4n) is 3.13. The van der Waals surface area contributed by atoms with Crippen LogP contribution >= 0.6 is 0 Å². The van der Waals surface area contributed by atoms with Crippen molar-refractivity contribution in [2.75, 3.05) is 33.1 Å². The van der Waals surface area contributed by atoms with E-state index in [0.717, 1.165) is 40.5 Å². The van der Waals surface area contributed by atoms with Gasteiger partial charge in [0.15, 0.2) is 0 Å². The molecule has 1 saturated carbocycles. The summed E-state index contributed by atoms with van der Waals surface area (Å²) < 4.78 is 5.45. The number of fused-ring (bicyclic) bond motifs is 1. The van der Waals surface area contributed by atoms with Gasteiger partial charge >= 0.3 is 0 Å². The van der Waals surface area contributed by atoms with Crippen LogP contribution in [-0.2, 0) is 0 Å². The highest BCUT2D eigenvalue weighted by Gasteiger charge is 2.32. The summed E-state index contributed by atoms with van der Waals surface area (Å²) in [5.41, 5.74) is 3.08. The Kier molecular flexibility index (Phi) is 4.21. The van der Waals surface area contributed by atoms with Crippen molar-refractivity contribution in [2.45, 2.75) is 25.8 Å². The molecule has 4 heteroatoms. The summed E-state index contributed by atoms with van der Waals surface area (Å²) in [7, 11) is 6.04. The van der Waals surface area contributed by atoms with E-state index in [-0.39, 0.29) is 0 Å². The molecule has 0 bridgehead atoms. The van der Waals surface area contributed by atoms with E-state index in [1.165, 1.54) is 12.8 Å². The first-order valence-electron chi connectivity index (χ1n) is 7.95. The van der Waals surface area contributed by atoms with Gasteiger partial charge in [-0.3, -0.25) is 0 Å². The van der Waals surface area contributed by atoms with Crippen molar-refractivity contribution in [1.82, 2.24) is 9.88 Å². The normalized spacial score (nSPS) is 16.0. The molecular formula is C18H25N3O. The molecule has 0 aliphatic heterocycles. The summed E-state index contributed by atoms with van der Waals surface area (Å²) in [6.45, 7) is 2.99. The standard InChI is InChI=1S/C18H25N3O/c1-12-10-15(19-11-16(21(2)3)13-8-9-13)14-6-5-7-17(22-4)18(14)20-12/h5-7,10,13,16H,8-9,11H2,1-4H3,(H,19,20). The lowest BCUT2D eigenvalue weighted by Gasteiger charge is -2.25. The number of nitrogens with zero attached hydrogens (tertiary/aromatic N) is 2. The Labute approximate surface area is 132 Å². The number of benzene rings is 1. The molecule has 1 aliphatic carbocycles. The largest absolute Gasteiger partial charge is 0.494 e. The minimum Gasteiger partial charge on any atom is -0.494 e. The number of para-hydroxylation sites is 1. The third-order valence-corrected chi connectivity index (χ3v) is 4.48. The molecule has 1 heterocycles.